The van der Waals surface area contributed by atoms with Gasteiger partial charge in [-0.1, -0.05) is 54.6 Å². The first kappa shape index (κ1) is 21.3. The highest BCUT2D eigenvalue weighted by Gasteiger charge is 2.11. The van der Waals surface area contributed by atoms with Gasteiger partial charge >= 0.3 is 0 Å². The molecule has 0 atom stereocenters. The second-order valence-electron chi connectivity index (χ2n) is 7.66. The van der Waals surface area contributed by atoms with E-state index in [0.29, 0.717) is 29.1 Å². The Bertz CT molecular complexity index is 1510. The van der Waals surface area contributed by atoms with Gasteiger partial charge < -0.3 is 4.74 Å². The molecule has 0 spiro atoms. The topological polar surface area (TPSA) is 56.5 Å². The summed E-state index contributed by atoms with van der Waals surface area (Å²) in [6.07, 6.45) is 1.62. The van der Waals surface area contributed by atoms with Crippen LogP contribution in [0.5, 0.6) is 5.75 Å². The Labute approximate surface area is 195 Å². The fourth-order valence-corrected chi connectivity index (χ4v) is 3.53. The molecule has 4 aromatic carbocycles. The first-order chi connectivity index (χ1) is 16.7. The summed E-state index contributed by atoms with van der Waals surface area (Å²) in [5, 5.41) is 4.98. The first-order valence-corrected chi connectivity index (χ1v) is 10.8. The average molecular weight is 449 g/mol. The lowest BCUT2D eigenvalue weighted by Gasteiger charge is -2.09. The van der Waals surface area contributed by atoms with E-state index in [4.69, 9.17) is 9.72 Å². The summed E-state index contributed by atoms with van der Waals surface area (Å²) in [4.78, 5) is 17.9. The lowest BCUT2D eigenvalue weighted by Crippen LogP contribution is -2.20. The van der Waals surface area contributed by atoms with Crippen LogP contribution in [0.2, 0.25) is 0 Å². The fourth-order valence-electron chi connectivity index (χ4n) is 3.53. The van der Waals surface area contributed by atoms with Gasteiger partial charge in [-0.05, 0) is 59.7 Å². The number of nitrogens with zero attached hydrogens (tertiary/aromatic N) is 3. The molecule has 0 bridgehead atoms. The van der Waals surface area contributed by atoms with Crippen molar-refractivity contribution in [2.24, 2.45) is 5.10 Å². The van der Waals surface area contributed by atoms with Crippen molar-refractivity contribution < 1.29 is 9.13 Å². The van der Waals surface area contributed by atoms with Crippen molar-refractivity contribution >= 4 is 17.1 Å². The van der Waals surface area contributed by atoms with Gasteiger partial charge in [-0.3, -0.25) is 4.79 Å². The number of aromatic nitrogens is 2. The van der Waals surface area contributed by atoms with Gasteiger partial charge in [0.05, 0.1) is 17.1 Å². The molecule has 1 aromatic heterocycles. The molecular formula is C28H20FN3O2. The second-order valence-corrected chi connectivity index (χ2v) is 7.66. The molecule has 0 N–H and O–H groups in total. The van der Waals surface area contributed by atoms with Gasteiger partial charge in [0.2, 0.25) is 0 Å². The van der Waals surface area contributed by atoms with Crippen molar-refractivity contribution in [2.75, 3.05) is 0 Å². The Morgan fingerprint density at radius 3 is 2.32 bits per heavy atom. The van der Waals surface area contributed by atoms with E-state index in [1.165, 1.54) is 16.8 Å². The zero-order chi connectivity index (χ0) is 23.3. The van der Waals surface area contributed by atoms with Crippen molar-refractivity contribution in [3.8, 4) is 17.1 Å². The third-order valence-corrected chi connectivity index (χ3v) is 5.31. The van der Waals surface area contributed by atoms with Crippen LogP contribution in [0.3, 0.4) is 0 Å². The lowest BCUT2D eigenvalue weighted by molar-refractivity contribution is 0.306. The zero-order valence-electron chi connectivity index (χ0n) is 18.1. The normalized spacial score (nSPS) is 11.2. The minimum absolute atomic E-state index is 0.236. The lowest BCUT2D eigenvalue weighted by atomic mass is 10.2. The van der Waals surface area contributed by atoms with Gasteiger partial charge in [0, 0.05) is 5.56 Å². The molecule has 0 saturated carbocycles. The van der Waals surface area contributed by atoms with E-state index in [-0.39, 0.29) is 11.4 Å². The first-order valence-electron chi connectivity index (χ1n) is 10.8. The Balaban J connectivity index is 1.42. The van der Waals surface area contributed by atoms with Crippen LogP contribution < -0.4 is 10.3 Å². The van der Waals surface area contributed by atoms with Crippen LogP contribution in [0.4, 0.5) is 4.39 Å². The number of benzene rings is 4. The standard InChI is InChI=1S/C28H20FN3O2/c29-23-14-10-21(11-15-23)19-34-24-16-12-20(13-17-24)18-30-32-27(22-6-2-1-3-7-22)31-26-9-5-4-8-25(26)28(32)33/h1-18H,19H2. The van der Waals surface area contributed by atoms with E-state index in [1.807, 2.05) is 72.8 Å². The summed E-state index contributed by atoms with van der Waals surface area (Å²) >= 11 is 0. The summed E-state index contributed by atoms with van der Waals surface area (Å²) < 4.78 is 20.1. The second kappa shape index (κ2) is 9.50. The molecule has 5 rings (SSSR count). The third-order valence-electron chi connectivity index (χ3n) is 5.31. The highest BCUT2D eigenvalue weighted by atomic mass is 19.1. The van der Waals surface area contributed by atoms with Gasteiger partial charge in [0.1, 0.15) is 18.2 Å². The number of rotatable bonds is 6. The molecule has 0 aliphatic rings. The van der Waals surface area contributed by atoms with Gasteiger partial charge in [-0.25, -0.2) is 9.37 Å². The Morgan fingerprint density at radius 2 is 1.56 bits per heavy atom. The van der Waals surface area contributed by atoms with Crippen molar-refractivity contribution in [2.45, 2.75) is 6.61 Å². The smallest absolute Gasteiger partial charge is 0.282 e. The van der Waals surface area contributed by atoms with Gasteiger partial charge in [0.25, 0.3) is 5.56 Å². The molecule has 5 nitrogen and oxygen atoms in total. The quantitative estimate of drug-likeness (QED) is 0.314. The van der Waals surface area contributed by atoms with Crippen molar-refractivity contribution in [1.82, 2.24) is 9.66 Å². The number of para-hydroxylation sites is 1. The van der Waals surface area contributed by atoms with Gasteiger partial charge in [-0.2, -0.15) is 9.78 Å². The molecule has 0 aliphatic carbocycles. The number of hydrogen-bond donors (Lipinski definition) is 0. The van der Waals surface area contributed by atoms with E-state index < -0.39 is 0 Å². The number of fused-ring (bicyclic) bond motifs is 1. The van der Waals surface area contributed by atoms with Crippen LogP contribution in [0.1, 0.15) is 11.1 Å². The molecule has 166 valence electrons. The molecule has 1 heterocycles. The molecule has 34 heavy (non-hydrogen) atoms. The van der Waals surface area contributed by atoms with Crippen LogP contribution in [-0.4, -0.2) is 15.9 Å². The molecule has 0 amide bonds. The molecule has 0 saturated heterocycles. The SMILES string of the molecule is O=c1c2ccccc2nc(-c2ccccc2)n1N=Cc1ccc(OCc2ccc(F)cc2)cc1. The summed E-state index contributed by atoms with van der Waals surface area (Å²) in [7, 11) is 0. The third kappa shape index (κ3) is 4.61. The summed E-state index contributed by atoms with van der Waals surface area (Å²) in [5.74, 6) is 0.874. The summed E-state index contributed by atoms with van der Waals surface area (Å²) in [5.41, 5.74) is 2.87. The predicted octanol–water partition coefficient (Wildman–Crippen LogP) is 5.66. The minimum Gasteiger partial charge on any atom is -0.489 e. The number of halogens is 1. The van der Waals surface area contributed by atoms with E-state index in [2.05, 4.69) is 5.10 Å². The molecule has 5 aromatic rings. The van der Waals surface area contributed by atoms with Crippen molar-refractivity contribution in [3.05, 3.63) is 130 Å². The maximum Gasteiger partial charge on any atom is 0.282 e. The van der Waals surface area contributed by atoms with Gasteiger partial charge in [-0.15, -0.1) is 0 Å². The molecule has 0 fully saturated rings. The number of ether oxygens (including phenoxy) is 1. The zero-order valence-corrected chi connectivity index (χ0v) is 18.1. The van der Waals surface area contributed by atoms with Gasteiger partial charge in [0.15, 0.2) is 5.82 Å². The Morgan fingerprint density at radius 1 is 0.853 bits per heavy atom. The van der Waals surface area contributed by atoms with E-state index in [1.54, 1.807) is 24.4 Å². The summed E-state index contributed by atoms with van der Waals surface area (Å²) in [6, 6.07) is 30.3. The van der Waals surface area contributed by atoms with Crippen molar-refractivity contribution in [3.63, 3.8) is 0 Å². The summed E-state index contributed by atoms with van der Waals surface area (Å²) in [6.45, 7) is 0.340. The molecule has 0 unspecified atom stereocenters. The molecule has 0 aliphatic heterocycles. The average Bonchev–Trinajstić information content (AvgIpc) is 2.89. The molecular weight excluding hydrogens is 429 g/mol. The van der Waals surface area contributed by atoms with E-state index >= 15 is 0 Å². The van der Waals surface area contributed by atoms with E-state index in [9.17, 15) is 9.18 Å². The monoisotopic (exact) mass is 449 g/mol. The van der Waals surface area contributed by atoms with Crippen LogP contribution in [0.15, 0.2) is 113 Å². The van der Waals surface area contributed by atoms with Crippen LogP contribution >= 0.6 is 0 Å². The number of hydrogen-bond acceptors (Lipinski definition) is 4. The predicted molar refractivity (Wildman–Crippen MR) is 132 cm³/mol. The Hall–Kier alpha value is -4.58. The van der Waals surface area contributed by atoms with Crippen LogP contribution in [-0.2, 0) is 6.61 Å². The minimum atomic E-state index is -0.275. The Kier molecular flexibility index (Phi) is 5.95. The van der Waals surface area contributed by atoms with Crippen LogP contribution in [0.25, 0.3) is 22.3 Å². The highest BCUT2D eigenvalue weighted by molar-refractivity contribution is 5.82. The van der Waals surface area contributed by atoms with Crippen LogP contribution in [0, 0.1) is 5.82 Å². The fraction of sp³-hybridized carbons (Fsp3) is 0.0357. The largest absolute Gasteiger partial charge is 0.489 e. The maximum atomic E-state index is 13.2. The molecule has 6 heteroatoms. The highest BCUT2D eigenvalue weighted by Crippen LogP contribution is 2.19. The van der Waals surface area contributed by atoms with Crippen molar-refractivity contribution in [1.29, 1.82) is 0 Å². The maximum absolute atomic E-state index is 13.2. The van der Waals surface area contributed by atoms with E-state index in [0.717, 1.165) is 16.7 Å². The molecule has 0 radical (unpaired) electrons.